The number of aryl methyl sites for hydroxylation is 3. The number of anilines is 1. The van der Waals surface area contributed by atoms with Gasteiger partial charge in [-0.15, -0.1) is 0 Å². The molecule has 0 aliphatic rings. The Labute approximate surface area is 152 Å². The molecule has 0 aromatic heterocycles. The van der Waals surface area contributed by atoms with Crippen molar-refractivity contribution in [2.24, 2.45) is 0 Å². The molecule has 0 radical (unpaired) electrons. The topological polar surface area (TPSA) is 64.6 Å². The van der Waals surface area contributed by atoms with E-state index >= 15 is 0 Å². The van der Waals surface area contributed by atoms with E-state index < -0.39 is 23.8 Å². The molecular weight excluding hydrogens is 337 g/mol. The van der Waals surface area contributed by atoms with Crippen LogP contribution in [0.25, 0.3) is 0 Å². The highest BCUT2D eigenvalue weighted by atomic mass is 19.1. The molecule has 138 valence electrons. The fraction of sp³-hybridized carbons (Fsp3) is 0.300. The van der Waals surface area contributed by atoms with Crippen LogP contribution in [0.5, 0.6) is 5.75 Å². The molecule has 2 aromatic carbocycles. The first-order chi connectivity index (χ1) is 12.3. The van der Waals surface area contributed by atoms with Crippen LogP contribution in [0.15, 0.2) is 36.4 Å². The SMILES string of the molecule is Cc1ccc(OCC(=O)O[C@H](C)C(=O)Nc2ccc(C)c(F)c2)c(C)c1. The monoisotopic (exact) mass is 359 g/mol. The first kappa shape index (κ1) is 19.4. The number of rotatable bonds is 6. The second-order valence-corrected chi connectivity index (χ2v) is 6.14. The Balaban J connectivity index is 1.85. The van der Waals surface area contributed by atoms with E-state index in [1.165, 1.54) is 13.0 Å². The molecule has 26 heavy (non-hydrogen) atoms. The summed E-state index contributed by atoms with van der Waals surface area (Å²) in [6.07, 6.45) is -1.03. The summed E-state index contributed by atoms with van der Waals surface area (Å²) in [6, 6.07) is 9.94. The number of benzene rings is 2. The molecule has 0 unspecified atom stereocenters. The van der Waals surface area contributed by atoms with Crippen molar-refractivity contribution >= 4 is 17.6 Å². The summed E-state index contributed by atoms with van der Waals surface area (Å²) in [5.74, 6) is -1.05. The molecule has 6 heteroatoms. The second-order valence-electron chi connectivity index (χ2n) is 6.14. The highest BCUT2D eigenvalue weighted by molar-refractivity contribution is 5.95. The van der Waals surface area contributed by atoms with E-state index in [1.807, 2.05) is 26.0 Å². The molecule has 0 aliphatic heterocycles. The van der Waals surface area contributed by atoms with Crippen molar-refractivity contribution in [1.82, 2.24) is 0 Å². The van der Waals surface area contributed by atoms with Crippen LogP contribution in [-0.4, -0.2) is 24.6 Å². The maximum Gasteiger partial charge on any atom is 0.344 e. The molecule has 0 saturated carbocycles. The molecule has 2 aromatic rings. The Morgan fingerprint density at radius 3 is 2.46 bits per heavy atom. The summed E-state index contributed by atoms with van der Waals surface area (Å²) in [7, 11) is 0. The number of ether oxygens (including phenoxy) is 2. The summed E-state index contributed by atoms with van der Waals surface area (Å²) >= 11 is 0. The number of esters is 1. The number of carbonyl (C=O) groups excluding carboxylic acids is 2. The number of carbonyl (C=O) groups is 2. The molecule has 5 nitrogen and oxygen atoms in total. The van der Waals surface area contributed by atoms with Crippen molar-refractivity contribution in [2.75, 3.05) is 11.9 Å². The Bertz CT molecular complexity index is 819. The van der Waals surface area contributed by atoms with Crippen molar-refractivity contribution in [3.63, 3.8) is 0 Å². The van der Waals surface area contributed by atoms with Gasteiger partial charge >= 0.3 is 5.97 Å². The lowest BCUT2D eigenvalue weighted by Gasteiger charge is -2.15. The van der Waals surface area contributed by atoms with Crippen molar-refractivity contribution in [1.29, 1.82) is 0 Å². The van der Waals surface area contributed by atoms with Crippen LogP contribution in [-0.2, 0) is 14.3 Å². The molecule has 0 bridgehead atoms. The van der Waals surface area contributed by atoms with E-state index in [9.17, 15) is 14.0 Å². The van der Waals surface area contributed by atoms with Gasteiger partial charge in [-0.25, -0.2) is 9.18 Å². The second kappa shape index (κ2) is 8.47. The van der Waals surface area contributed by atoms with E-state index in [1.54, 1.807) is 25.1 Å². The molecule has 0 aliphatic carbocycles. The van der Waals surface area contributed by atoms with E-state index in [0.29, 0.717) is 17.0 Å². The lowest BCUT2D eigenvalue weighted by molar-refractivity contribution is -0.155. The molecular formula is C20H22FNO4. The highest BCUT2D eigenvalue weighted by Crippen LogP contribution is 2.18. The zero-order valence-corrected chi connectivity index (χ0v) is 15.3. The van der Waals surface area contributed by atoms with E-state index in [2.05, 4.69) is 5.32 Å². The van der Waals surface area contributed by atoms with Gasteiger partial charge < -0.3 is 14.8 Å². The summed E-state index contributed by atoms with van der Waals surface area (Å²) in [4.78, 5) is 23.9. The molecule has 2 rings (SSSR count). The molecule has 1 atom stereocenters. The summed E-state index contributed by atoms with van der Waals surface area (Å²) in [5.41, 5.74) is 2.78. The molecule has 0 saturated heterocycles. The van der Waals surface area contributed by atoms with Crippen LogP contribution in [0, 0.1) is 26.6 Å². The standard InChI is InChI=1S/C20H22FNO4/c1-12-5-8-18(14(3)9-12)25-11-19(23)26-15(4)20(24)22-16-7-6-13(2)17(21)10-16/h5-10,15H,11H2,1-4H3,(H,22,24)/t15-/m1/s1. The fourth-order valence-corrected chi connectivity index (χ4v) is 2.30. The largest absolute Gasteiger partial charge is 0.482 e. The van der Waals surface area contributed by atoms with Gasteiger partial charge in [0, 0.05) is 5.69 Å². The third kappa shape index (κ3) is 5.31. The van der Waals surface area contributed by atoms with Crippen LogP contribution < -0.4 is 10.1 Å². The van der Waals surface area contributed by atoms with Crippen molar-refractivity contribution in [3.8, 4) is 5.75 Å². The lowest BCUT2D eigenvalue weighted by atomic mass is 10.1. The Morgan fingerprint density at radius 1 is 1.08 bits per heavy atom. The number of halogens is 1. The maximum absolute atomic E-state index is 13.5. The van der Waals surface area contributed by atoms with E-state index in [4.69, 9.17) is 9.47 Å². The van der Waals surface area contributed by atoms with E-state index in [0.717, 1.165) is 11.1 Å². The van der Waals surface area contributed by atoms with Crippen LogP contribution in [0.3, 0.4) is 0 Å². The first-order valence-corrected chi connectivity index (χ1v) is 8.23. The molecule has 0 spiro atoms. The quantitative estimate of drug-likeness (QED) is 0.799. The third-order valence-corrected chi connectivity index (χ3v) is 3.79. The highest BCUT2D eigenvalue weighted by Gasteiger charge is 2.19. The van der Waals surface area contributed by atoms with Gasteiger partial charge in [0.2, 0.25) is 0 Å². The van der Waals surface area contributed by atoms with Gasteiger partial charge in [0.1, 0.15) is 11.6 Å². The van der Waals surface area contributed by atoms with Gasteiger partial charge in [0.15, 0.2) is 12.7 Å². The molecule has 0 heterocycles. The van der Waals surface area contributed by atoms with Crippen molar-refractivity contribution in [2.45, 2.75) is 33.8 Å². The van der Waals surface area contributed by atoms with Crippen LogP contribution in [0.4, 0.5) is 10.1 Å². The summed E-state index contributed by atoms with van der Waals surface area (Å²) in [5, 5.41) is 2.51. The van der Waals surface area contributed by atoms with Gasteiger partial charge in [0.05, 0.1) is 0 Å². The van der Waals surface area contributed by atoms with Gasteiger partial charge in [-0.05, 0) is 57.0 Å². The van der Waals surface area contributed by atoms with Crippen molar-refractivity contribution < 1.29 is 23.5 Å². The van der Waals surface area contributed by atoms with Gasteiger partial charge in [-0.1, -0.05) is 23.8 Å². The molecule has 1 amide bonds. The molecule has 0 fully saturated rings. The van der Waals surface area contributed by atoms with Crippen molar-refractivity contribution in [3.05, 3.63) is 58.9 Å². The third-order valence-electron chi connectivity index (χ3n) is 3.79. The number of nitrogens with one attached hydrogen (secondary N) is 1. The minimum Gasteiger partial charge on any atom is -0.482 e. The summed E-state index contributed by atoms with van der Waals surface area (Å²) < 4.78 is 24.0. The zero-order valence-electron chi connectivity index (χ0n) is 15.3. The minimum atomic E-state index is -1.03. The summed E-state index contributed by atoms with van der Waals surface area (Å²) in [6.45, 7) is 6.60. The predicted molar refractivity (Wildman–Crippen MR) is 96.7 cm³/mol. The smallest absolute Gasteiger partial charge is 0.344 e. The number of amides is 1. The fourth-order valence-electron chi connectivity index (χ4n) is 2.30. The minimum absolute atomic E-state index is 0.299. The van der Waals surface area contributed by atoms with Gasteiger partial charge in [-0.3, -0.25) is 4.79 Å². The predicted octanol–water partition coefficient (Wildman–Crippen LogP) is 3.70. The van der Waals surface area contributed by atoms with Crippen LogP contribution in [0.2, 0.25) is 0 Å². The number of hydrogen-bond acceptors (Lipinski definition) is 4. The number of hydrogen-bond donors (Lipinski definition) is 1. The average molecular weight is 359 g/mol. The van der Waals surface area contributed by atoms with Gasteiger partial charge in [0.25, 0.3) is 5.91 Å². The van der Waals surface area contributed by atoms with Crippen LogP contribution >= 0.6 is 0 Å². The lowest BCUT2D eigenvalue weighted by Crippen LogP contribution is -2.31. The molecule has 1 N–H and O–H groups in total. The van der Waals surface area contributed by atoms with Crippen LogP contribution in [0.1, 0.15) is 23.6 Å². The zero-order chi connectivity index (χ0) is 19.3. The Hall–Kier alpha value is -2.89. The Morgan fingerprint density at radius 2 is 1.81 bits per heavy atom. The first-order valence-electron chi connectivity index (χ1n) is 8.23. The van der Waals surface area contributed by atoms with Gasteiger partial charge in [-0.2, -0.15) is 0 Å². The average Bonchev–Trinajstić information content (AvgIpc) is 2.57. The normalized spacial score (nSPS) is 11.6. The Kier molecular flexibility index (Phi) is 6.33. The van der Waals surface area contributed by atoms with E-state index in [-0.39, 0.29) is 6.61 Å². The maximum atomic E-state index is 13.5.